The van der Waals surface area contributed by atoms with Crippen molar-refractivity contribution in [1.29, 1.82) is 0 Å². The van der Waals surface area contributed by atoms with Crippen molar-refractivity contribution in [3.8, 4) is 0 Å². The molecular formula is C14H12ClN3O. The van der Waals surface area contributed by atoms with E-state index in [0.717, 1.165) is 12.0 Å². The van der Waals surface area contributed by atoms with Gasteiger partial charge in [-0.05, 0) is 36.1 Å². The van der Waals surface area contributed by atoms with Gasteiger partial charge in [-0.2, -0.15) is 0 Å². The van der Waals surface area contributed by atoms with Crippen LogP contribution in [-0.4, -0.2) is 15.9 Å². The van der Waals surface area contributed by atoms with Crippen molar-refractivity contribution in [2.45, 2.75) is 12.3 Å². The Kier molecular flexibility index (Phi) is 3.17. The first-order valence-electron chi connectivity index (χ1n) is 6.07. The number of carbonyl (C=O) groups is 1. The van der Waals surface area contributed by atoms with Crippen LogP contribution in [0.1, 0.15) is 17.9 Å². The quantitative estimate of drug-likeness (QED) is 0.935. The molecular weight excluding hydrogens is 262 g/mol. The summed E-state index contributed by atoms with van der Waals surface area (Å²) in [5, 5.41) is 3.43. The highest BCUT2D eigenvalue weighted by Crippen LogP contribution is 2.48. The molecule has 0 bridgehead atoms. The third-order valence-electron chi connectivity index (χ3n) is 3.20. The fraction of sp³-hybridized carbons (Fsp3) is 0.214. The molecule has 5 heteroatoms. The second-order valence-electron chi connectivity index (χ2n) is 4.57. The maximum absolute atomic E-state index is 12.0. The largest absolute Gasteiger partial charge is 0.294 e. The molecule has 1 aliphatic carbocycles. The summed E-state index contributed by atoms with van der Waals surface area (Å²) >= 11 is 5.95. The molecule has 0 radical (unpaired) electrons. The van der Waals surface area contributed by atoms with Crippen molar-refractivity contribution in [2.24, 2.45) is 5.92 Å². The zero-order valence-electron chi connectivity index (χ0n) is 10.1. The average molecular weight is 274 g/mol. The van der Waals surface area contributed by atoms with E-state index in [2.05, 4.69) is 15.3 Å². The highest BCUT2D eigenvalue weighted by atomic mass is 35.5. The Balaban J connectivity index is 1.65. The average Bonchev–Trinajstić information content (AvgIpc) is 3.20. The first kappa shape index (κ1) is 12.1. The smallest absolute Gasteiger partial charge is 0.230 e. The zero-order valence-corrected chi connectivity index (χ0v) is 10.8. The highest BCUT2D eigenvalue weighted by Gasteiger charge is 2.44. The molecule has 3 rings (SSSR count). The molecule has 1 heterocycles. The van der Waals surface area contributed by atoms with E-state index in [0.29, 0.717) is 11.0 Å². The van der Waals surface area contributed by atoms with Crippen LogP contribution in [0.2, 0.25) is 5.02 Å². The molecule has 19 heavy (non-hydrogen) atoms. The summed E-state index contributed by atoms with van der Waals surface area (Å²) in [6, 6.07) is 9.37. The number of anilines is 1. The molecule has 0 spiro atoms. The molecule has 1 aliphatic rings. The lowest BCUT2D eigenvalue weighted by atomic mass is 10.1. The first-order chi connectivity index (χ1) is 9.24. The van der Waals surface area contributed by atoms with E-state index in [4.69, 9.17) is 11.6 Å². The number of halogens is 1. The highest BCUT2D eigenvalue weighted by molar-refractivity contribution is 6.30. The predicted octanol–water partition coefficient (Wildman–Crippen LogP) is 2.87. The molecule has 1 fully saturated rings. The molecule has 1 amide bonds. The van der Waals surface area contributed by atoms with Gasteiger partial charge in [0.2, 0.25) is 11.9 Å². The summed E-state index contributed by atoms with van der Waals surface area (Å²) in [6.45, 7) is 0. The second-order valence-corrected chi connectivity index (χ2v) is 5.00. The third-order valence-corrected chi connectivity index (χ3v) is 3.44. The fourth-order valence-corrected chi connectivity index (χ4v) is 2.36. The van der Waals surface area contributed by atoms with Gasteiger partial charge < -0.3 is 0 Å². The Bertz CT molecular complexity index is 603. The standard InChI is InChI=1S/C14H12ClN3O/c15-10-4-1-3-9(7-10)11-8-12(11)13(19)18-14-16-5-2-6-17-14/h1-7,11-12H,8H2,(H,16,17,18,19)/t11-,12+/m0/s1. The molecule has 1 aromatic carbocycles. The van der Waals surface area contributed by atoms with Crippen LogP contribution in [0.15, 0.2) is 42.7 Å². The molecule has 96 valence electrons. The summed E-state index contributed by atoms with van der Waals surface area (Å²) in [6.07, 6.45) is 4.05. The van der Waals surface area contributed by atoms with Gasteiger partial charge in [0.1, 0.15) is 0 Å². The van der Waals surface area contributed by atoms with Crippen molar-refractivity contribution >= 4 is 23.5 Å². The minimum absolute atomic E-state index is 0.0118. The molecule has 1 aromatic heterocycles. The van der Waals surface area contributed by atoms with Gasteiger partial charge in [-0.25, -0.2) is 9.97 Å². The number of hydrogen-bond acceptors (Lipinski definition) is 3. The van der Waals surface area contributed by atoms with Crippen LogP contribution in [0.4, 0.5) is 5.95 Å². The van der Waals surface area contributed by atoms with Gasteiger partial charge in [0, 0.05) is 23.3 Å². The van der Waals surface area contributed by atoms with Crippen LogP contribution in [0, 0.1) is 5.92 Å². The third kappa shape index (κ3) is 2.74. The number of benzene rings is 1. The van der Waals surface area contributed by atoms with E-state index in [9.17, 15) is 4.79 Å². The van der Waals surface area contributed by atoms with Crippen molar-refractivity contribution in [3.63, 3.8) is 0 Å². The van der Waals surface area contributed by atoms with E-state index in [1.165, 1.54) is 0 Å². The Morgan fingerprint density at radius 3 is 2.79 bits per heavy atom. The lowest BCUT2D eigenvalue weighted by Crippen LogP contribution is -2.16. The SMILES string of the molecule is O=C(Nc1ncccn1)[C@@H]1C[C@H]1c1cccc(Cl)c1. The Labute approximate surface area is 115 Å². The minimum atomic E-state index is -0.0313. The van der Waals surface area contributed by atoms with Crippen LogP contribution < -0.4 is 5.32 Å². The van der Waals surface area contributed by atoms with E-state index in [1.807, 2.05) is 24.3 Å². The van der Waals surface area contributed by atoms with Crippen molar-refractivity contribution in [1.82, 2.24) is 9.97 Å². The lowest BCUT2D eigenvalue weighted by molar-refractivity contribution is -0.117. The van der Waals surface area contributed by atoms with Gasteiger partial charge in [-0.15, -0.1) is 0 Å². The number of amides is 1. The molecule has 1 N–H and O–H groups in total. The lowest BCUT2D eigenvalue weighted by Gasteiger charge is -2.03. The summed E-state index contributed by atoms with van der Waals surface area (Å²) in [7, 11) is 0. The Morgan fingerprint density at radius 2 is 2.05 bits per heavy atom. The van der Waals surface area contributed by atoms with Crippen LogP contribution in [-0.2, 0) is 4.79 Å². The molecule has 2 atom stereocenters. The van der Waals surface area contributed by atoms with Gasteiger partial charge in [0.15, 0.2) is 0 Å². The monoisotopic (exact) mass is 273 g/mol. The van der Waals surface area contributed by atoms with Crippen LogP contribution in [0.3, 0.4) is 0 Å². The van der Waals surface area contributed by atoms with Gasteiger partial charge in [0.25, 0.3) is 0 Å². The van der Waals surface area contributed by atoms with Gasteiger partial charge >= 0.3 is 0 Å². The van der Waals surface area contributed by atoms with Gasteiger partial charge in [-0.1, -0.05) is 23.7 Å². The van der Waals surface area contributed by atoms with Crippen LogP contribution in [0.5, 0.6) is 0 Å². The van der Waals surface area contributed by atoms with Crippen LogP contribution in [0.25, 0.3) is 0 Å². The number of carbonyl (C=O) groups excluding carboxylic acids is 1. The maximum atomic E-state index is 12.0. The predicted molar refractivity (Wildman–Crippen MR) is 73.0 cm³/mol. The minimum Gasteiger partial charge on any atom is -0.294 e. The van der Waals surface area contributed by atoms with Crippen molar-refractivity contribution in [2.75, 3.05) is 5.32 Å². The Morgan fingerprint density at radius 1 is 1.26 bits per heavy atom. The van der Waals surface area contributed by atoms with E-state index >= 15 is 0 Å². The van der Waals surface area contributed by atoms with Crippen LogP contribution >= 0.6 is 11.6 Å². The number of nitrogens with zero attached hydrogens (tertiary/aromatic N) is 2. The number of nitrogens with one attached hydrogen (secondary N) is 1. The van der Waals surface area contributed by atoms with Gasteiger partial charge in [-0.3, -0.25) is 10.1 Å². The maximum Gasteiger partial charge on any atom is 0.230 e. The zero-order chi connectivity index (χ0) is 13.2. The normalized spacial score (nSPS) is 20.9. The fourth-order valence-electron chi connectivity index (χ4n) is 2.16. The summed E-state index contributed by atoms with van der Waals surface area (Å²) in [4.78, 5) is 20.0. The Hall–Kier alpha value is -1.94. The number of rotatable bonds is 3. The second kappa shape index (κ2) is 4.97. The van der Waals surface area contributed by atoms with E-state index in [-0.39, 0.29) is 17.7 Å². The van der Waals surface area contributed by atoms with E-state index < -0.39 is 0 Å². The topological polar surface area (TPSA) is 54.9 Å². The summed E-state index contributed by atoms with van der Waals surface area (Å²) in [5.41, 5.74) is 1.11. The molecule has 0 unspecified atom stereocenters. The van der Waals surface area contributed by atoms with Gasteiger partial charge in [0.05, 0.1) is 0 Å². The van der Waals surface area contributed by atoms with Crippen molar-refractivity contribution < 1.29 is 4.79 Å². The first-order valence-corrected chi connectivity index (χ1v) is 6.45. The molecule has 0 saturated heterocycles. The summed E-state index contributed by atoms with van der Waals surface area (Å²) < 4.78 is 0. The number of hydrogen-bond donors (Lipinski definition) is 1. The molecule has 4 nitrogen and oxygen atoms in total. The molecule has 0 aliphatic heterocycles. The summed E-state index contributed by atoms with van der Waals surface area (Å²) in [5.74, 6) is 0.560. The van der Waals surface area contributed by atoms with E-state index in [1.54, 1.807) is 18.5 Å². The number of aromatic nitrogens is 2. The molecule has 2 aromatic rings. The molecule has 1 saturated carbocycles. The van der Waals surface area contributed by atoms with Crippen molar-refractivity contribution in [3.05, 3.63) is 53.3 Å².